The van der Waals surface area contributed by atoms with Crippen LogP contribution in [-0.4, -0.2) is 90.6 Å². The molecule has 0 fully saturated rings. The molecule has 0 aromatic rings. The van der Waals surface area contributed by atoms with Gasteiger partial charge in [0.25, 0.3) is 0 Å². The molecular weight excluding hydrogens is 1040 g/mol. The van der Waals surface area contributed by atoms with Gasteiger partial charge in [-0.2, -0.15) is 35.3 Å². The molecule has 0 aromatic carbocycles. The number of rotatable bonds is 53. The molecule has 0 bridgehead atoms. The lowest BCUT2D eigenvalue weighted by Gasteiger charge is -2.31. The third kappa shape index (κ3) is 55.7. The largest absolute Gasteiger partial charge is 0.465 e. The van der Waals surface area contributed by atoms with Crippen molar-refractivity contribution in [2.75, 3.05) is 66.7 Å². The zero-order valence-corrected chi connectivity index (χ0v) is 51.6. The number of carbonyl (C=O) groups excluding carboxylic acids is 4. The van der Waals surface area contributed by atoms with Crippen molar-refractivity contribution in [1.29, 1.82) is 0 Å². The van der Waals surface area contributed by atoms with E-state index in [0.29, 0.717) is 23.0 Å². The molecule has 0 radical (unpaired) electrons. The molecule has 0 spiro atoms. The predicted octanol–water partition coefficient (Wildman–Crippen LogP) is 19.0. The van der Waals surface area contributed by atoms with Crippen LogP contribution in [0.5, 0.6) is 0 Å². The molecule has 0 aliphatic heterocycles. The molecule has 8 nitrogen and oxygen atoms in total. The Labute approximate surface area is 506 Å². The zero-order valence-electron chi connectivity index (χ0n) is 48.3. The average Bonchev–Trinajstić information content (AvgIpc) is 3.43. The van der Waals surface area contributed by atoms with Gasteiger partial charge in [0.15, 0.2) is 0 Å². The highest BCUT2D eigenvalue weighted by Gasteiger charge is 2.38. The molecule has 77 heavy (non-hydrogen) atoms. The van der Waals surface area contributed by atoms with Crippen LogP contribution in [0.25, 0.3) is 0 Å². The van der Waals surface area contributed by atoms with E-state index < -0.39 is 29.3 Å². The first-order valence-corrected chi connectivity index (χ1v) is 34.2. The number of unbranched alkanes of at least 4 members (excludes halogenated alkanes) is 27. The lowest BCUT2D eigenvalue weighted by atomic mass is 9.92. The van der Waals surface area contributed by atoms with Crippen molar-refractivity contribution in [2.24, 2.45) is 5.41 Å². The molecule has 0 aliphatic carbocycles. The highest BCUT2D eigenvalue weighted by molar-refractivity contribution is 8.03. The maximum Gasteiger partial charge on any atom is 0.306 e. The van der Waals surface area contributed by atoms with E-state index in [1.807, 2.05) is 0 Å². The van der Waals surface area contributed by atoms with Crippen LogP contribution >= 0.6 is 47.0 Å². The van der Waals surface area contributed by atoms with Gasteiger partial charge in [0, 0.05) is 40.1 Å². The lowest BCUT2D eigenvalue weighted by molar-refractivity contribution is -0.170. The first kappa shape index (κ1) is 73.6. The monoisotopic (exact) mass is 1160 g/mol. The van der Waals surface area contributed by atoms with Crippen molar-refractivity contribution >= 4 is 70.9 Å². The lowest BCUT2D eigenvalue weighted by Crippen LogP contribution is -2.44. The summed E-state index contributed by atoms with van der Waals surface area (Å²) in [6.07, 6.45) is 44.0. The van der Waals surface area contributed by atoms with Gasteiger partial charge < -0.3 is 18.9 Å². The summed E-state index contributed by atoms with van der Waals surface area (Å²) in [7, 11) is 0. The van der Waals surface area contributed by atoms with Gasteiger partial charge in [-0.25, -0.2) is 0 Å². The van der Waals surface area contributed by atoms with Gasteiger partial charge in [-0.1, -0.05) is 206 Å². The summed E-state index contributed by atoms with van der Waals surface area (Å²) in [4.78, 5) is 52.9. The molecule has 0 amide bonds. The predicted molar refractivity (Wildman–Crippen MR) is 358 cm³/mol. The minimum Gasteiger partial charge on any atom is -0.465 e. The maximum atomic E-state index is 13.2. The fourth-order valence-corrected chi connectivity index (χ4v) is 11.1. The number of esters is 4. The molecule has 0 aromatic heterocycles. The topological polar surface area (TPSA) is 105 Å². The van der Waals surface area contributed by atoms with Gasteiger partial charge in [-0.05, 0) is 101 Å². The minimum absolute atomic E-state index is 0. The fourth-order valence-electron chi connectivity index (χ4n) is 7.82. The Morgan fingerprint density at radius 3 is 0.870 bits per heavy atom. The van der Waals surface area contributed by atoms with E-state index in [9.17, 15) is 19.2 Å². The smallest absolute Gasteiger partial charge is 0.306 e. The van der Waals surface area contributed by atoms with Gasteiger partial charge in [0.05, 0.1) is 25.7 Å². The minimum atomic E-state index is -1.31. The number of terminal acetylenes is 1. The molecule has 0 rings (SSSR count). The maximum absolute atomic E-state index is 13.2. The summed E-state index contributed by atoms with van der Waals surface area (Å²) in [5, 5.41) is 2.82. The van der Waals surface area contributed by atoms with Crippen molar-refractivity contribution in [3.8, 4) is 70.9 Å². The summed E-state index contributed by atoms with van der Waals surface area (Å²) in [5.74, 6) is 28.3. The second kappa shape index (κ2) is 60.3. The Bertz CT molecular complexity index is 1790. The summed E-state index contributed by atoms with van der Waals surface area (Å²) in [6, 6.07) is 0. The molecule has 0 atom stereocenters. The molecule has 12 heteroatoms. The SMILES string of the molecule is C#CC#CC#CC#CC#CC#CSCCC(=O)OCC(COC(=O)CCSCCCCCCCCCCCC)(COC(=O)CCSCCCCCCCCCCCC)COC(=O)CCSCCCCCCCCCCCC.[HH].[HH].[HH].[HH].[HH].[HH].[HH].[HH].[HH].[HH].[HH].[HH]. The second-order valence-electron chi connectivity index (χ2n) is 19.7. The van der Waals surface area contributed by atoms with Gasteiger partial charge in [-0.3, -0.25) is 19.2 Å². The van der Waals surface area contributed by atoms with Crippen LogP contribution in [0.4, 0.5) is 0 Å². The van der Waals surface area contributed by atoms with E-state index in [4.69, 9.17) is 25.4 Å². The van der Waals surface area contributed by atoms with Gasteiger partial charge in [0.1, 0.15) is 31.8 Å². The van der Waals surface area contributed by atoms with Crippen molar-refractivity contribution in [2.45, 2.75) is 239 Å². The second-order valence-corrected chi connectivity index (χ2v) is 24.3. The van der Waals surface area contributed by atoms with Crippen molar-refractivity contribution in [3.05, 3.63) is 0 Å². The Hall–Kier alpha value is -3.36. The third-order valence-corrected chi connectivity index (χ3v) is 16.4. The van der Waals surface area contributed by atoms with E-state index in [1.54, 1.807) is 35.3 Å². The summed E-state index contributed by atoms with van der Waals surface area (Å²) < 4.78 is 23.4. The molecular formula is C65H124O8S4. The summed E-state index contributed by atoms with van der Waals surface area (Å²) in [5.41, 5.74) is -1.31. The molecule has 0 unspecified atom stereocenters. The first-order valence-electron chi connectivity index (χ1n) is 29.8. The molecule has 456 valence electrons. The molecule has 0 saturated carbocycles. The summed E-state index contributed by atoms with van der Waals surface area (Å²) in [6.45, 7) is 5.70. The van der Waals surface area contributed by atoms with Crippen LogP contribution < -0.4 is 0 Å². The number of carbonyl (C=O) groups is 4. The van der Waals surface area contributed by atoms with E-state index in [1.165, 1.54) is 185 Å². The molecule has 0 saturated heterocycles. The quantitative estimate of drug-likeness (QED) is 0.0251. The fraction of sp³-hybridized carbons (Fsp3) is 0.754. The number of hydrogen-bond acceptors (Lipinski definition) is 12. The van der Waals surface area contributed by atoms with Crippen LogP contribution in [0.2, 0.25) is 0 Å². The third-order valence-electron chi connectivity index (χ3n) is 12.5. The van der Waals surface area contributed by atoms with Crippen LogP contribution in [0.3, 0.4) is 0 Å². The number of hydrogen-bond donors (Lipinski definition) is 0. The Morgan fingerprint density at radius 1 is 0.338 bits per heavy atom. The van der Waals surface area contributed by atoms with Crippen molar-refractivity contribution in [1.82, 2.24) is 0 Å². The molecule has 0 N–H and O–H groups in total. The van der Waals surface area contributed by atoms with Gasteiger partial charge in [-0.15, -0.1) is 6.42 Å². The normalized spacial score (nSPS) is 10.4. The summed E-state index contributed by atoms with van der Waals surface area (Å²) >= 11 is 6.42. The number of ether oxygens (including phenoxy) is 4. The zero-order chi connectivity index (χ0) is 56.1. The first-order chi connectivity index (χ1) is 37.8. The molecule has 0 heterocycles. The average molecular weight is 1160 g/mol. The Kier molecular flexibility index (Phi) is 57.7. The van der Waals surface area contributed by atoms with Crippen LogP contribution in [0.1, 0.15) is 256 Å². The van der Waals surface area contributed by atoms with Crippen LogP contribution in [0.15, 0.2) is 0 Å². The van der Waals surface area contributed by atoms with Crippen molar-refractivity contribution in [3.63, 3.8) is 0 Å². The van der Waals surface area contributed by atoms with Gasteiger partial charge >= 0.3 is 23.9 Å². The number of thioether (sulfide) groups is 4. The Balaban J connectivity index is -0.000000438. The van der Waals surface area contributed by atoms with Crippen molar-refractivity contribution < 1.29 is 55.2 Å². The van der Waals surface area contributed by atoms with E-state index in [0.717, 1.165) is 36.5 Å². The van der Waals surface area contributed by atoms with Crippen LogP contribution in [-0.2, 0) is 38.1 Å². The van der Waals surface area contributed by atoms with E-state index in [2.05, 4.69) is 85.2 Å². The van der Waals surface area contributed by atoms with Crippen LogP contribution in [0, 0.1) is 76.3 Å². The highest BCUT2D eigenvalue weighted by atomic mass is 32.2. The van der Waals surface area contributed by atoms with Gasteiger partial charge in [0.2, 0.25) is 0 Å². The van der Waals surface area contributed by atoms with E-state index >= 15 is 0 Å². The standard InChI is InChI=1S/C65H100O8S4.12H2/c1-5-9-13-17-21-25-29-33-37-41-49-74-53-45-61(66)70-57-65(58-71-62(67)46-54-75-50-42-38-34-30-26-22-18-14-10-6-2,59-72-63(68)47-55-76-51-43-39-35-31-27-23-19-15-11-7-3)60-73-64(69)48-56-77-52-44-40-36-32-28-24-20-16-12-8-4;;;;;;;;;;;;/h1H,6-8,10-12,14-16,18-20,22-24,26-28,30-32,34-36,38-40,42-48,50-60H2,2-4H3;12*1H. The molecule has 0 aliphatic rings. The highest BCUT2D eigenvalue weighted by Crippen LogP contribution is 2.24. The Morgan fingerprint density at radius 2 is 0.584 bits per heavy atom. The van der Waals surface area contributed by atoms with E-state index in [-0.39, 0.29) is 69.2 Å².